The van der Waals surface area contributed by atoms with Crippen LogP contribution in [0.15, 0.2) is 42.5 Å². The number of benzene rings is 2. The molecule has 0 aliphatic heterocycles. The highest BCUT2D eigenvalue weighted by atomic mass is 35.5. The molecule has 0 saturated carbocycles. The Kier molecular flexibility index (Phi) is 5.18. The van der Waals surface area contributed by atoms with Crippen LogP contribution in [0.2, 0.25) is 5.02 Å². The maximum atomic E-state index is 11.6. The Bertz CT molecular complexity index is 730. The van der Waals surface area contributed by atoms with Gasteiger partial charge in [-0.2, -0.15) is 0 Å². The minimum absolute atomic E-state index is 0.0517. The first-order chi connectivity index (χ1) is 10.9. The summed E-state index contributed by atoms with van der Waals surface area (Å²) >= 11 is 6.03. The van der Waals surface area contributed by atoms with Crippen LogP contribution in [0.25, 0.3) is 0 Å². The van der Waals surface area contributed by atoms with Crippen molar-refractivity contribution in [2.45, 2.75) is 13.8 Å². The van der Waals surface area contributed by atoms with E-state index in [2.05, 4.69) is 10.6 Å². The lowest BCUT2D eigenvalue weighted by atomic mass is 10.2. The molecule has 7 heteroatoms. The number of amides is 1. The number of carbonyl (C=O) groups is 1. The summed E-state index contributed by atoms with van der Waals surface area (Å²) in [5, 5.41) is 16.8. The van der Waals surface area contributed by atoms with Crippen LogP contribution >= 0.6 is 11.6 Å². The van der Waals surface area contributed by atoms with Gasteiger partial charge >= 0.3 is 0 Å². The van der Waals surface area contributed by atoms with Crippen LogP contribution in [0.1, 0.15) is 13.8 Å². The van der Waals surface area contributed by atoms with E-state index in [1.807, 2.05) is 13.8 Å². The fourth-order valence-electron chi connectivity index (χ4n) is 1.80. The number of nitrogens with one attached hydrogen (secondary N) is 2. The molecule has 0 aliphatic rings. The summed E-state index contributed by atoms with van der Waals surface area (Å²) in [5.74, 6) is -0.143. The van der Waals surface area contributed by atoms with Gasteiger partial charge in [-0.3, -0.25) is 14.9 Å². The lowest BCUT2D eigenvalue weighted by Gasteiger charge is -2.11. The molecule has 6 nitrogen and oxygen atoms in total. The molecule has 120 valence electrons. The van der Waals surface area contributed by atoms with Crippen molar-refractivity contribution in [3.05, 3.63) is 57.6 Å². The number of rotatable bonds is 5. The Balaban J connectivity index is 2.09. The SMILES string of the molecule is CC(C)C(=O)Nc1ccc(Nc2ccc([N+](=O)[O-])cc2Cl)cc1. The summed E-state index contributed by atoms with van der Waals surface area (Å²) in [6.45, 7) is 3.64. The fraction of sp³-hybridized carbons (Fsp3) is 0.188. The van der Waals surface area contributed by atoms with Crippen molar-refractivity contribution in [2.75, 3.05) is 10.6 Å². The van der Waals surface area contributed by atoms with Crippen molar-refractivity contribution in [3.63, 3.8) is 0 Å². The van der Waals surface area contributed by atoms with E-state index in [9.17, 15) is 14.9 Å². The molecule has 1 amide bonds. The van der Waals surface area contributed by atoms with Crippen LogP contribution in [0.3, 0.4) is 0 Å². The first-order valence-corrected chi connectivity index (χ1v) is 7.36. The van der Waals surface area contributed by atoms with E-state index >= 15 is 0 Å². The molecule has 0 aromatic heterocycles. The summed E-state index contributed by atoms with van der Waals surface area (Å²) in [7, 11) is 0. The third-order valence-corrected chi connectivity index (χ3v) is 3.43. The maximum Gasteiger partial charge on any atom is 0.271 e. The molecule has 0 saturated heterocycles. The van der Waals surface area contributed by atoms with Gasteiger partial charge in [0.05, 0.1) is 15.6 Å². The van der Waals surface area contributed by atoms with E-state index in [0.717, 1.165) is 5.69 Å². The average molecular weight is 334 g/mol. The summed E-state index contributed by atoms with van der Waals surface area (Å²) in [6, 6.07) is 11.3. The Hall–Kier alpha value is -2.60. The van der Waals surface area contributed by atoms with E-state index in [1.165, 1.54) is 12.1 Å². The number of nitro benzene ring substituents is 1. The molecule has 0 unspecified atom stereocenters. The number of non-ortho nitro benzene ring substituents is 1. The molecule has 2 N–H and O–H groups in total. The molecule has 0 aliphatic carbocycles. The van der Waals surface area contributed by atoms with E-state index in [-0.39, 0.29) is 22.5 Å². The number of anilines is 3. The molecule has 0 radical (unpaired) electrons. The minimum Gasteiger partial charge on any atom is -0.354 e. The summed E-state index contributed by atoms with van der Waals surface area (Å²) in [5.41, 5.74) is 1.95. The van der Waals surface area contributed by atoms with Gasteiger partial charge in [-0.15, -0.1) is 0 Å². The van der Waals surface area contributed by atoms with Gasteiger partial charge in [-0.25, -0.2) is 0 Å². The first-order valence-electron chi connectivity index (χ1n) is 6.98. The Morgan fingerprint density at radius 3 is 2.26 bits per heavy atom. The number of nitro groups is 1. The Morgan fingerprint density at radius 2 is 1.74 bits per heavy atom. The van der Waals surface area contributed by atoms with Crippen molar-refractivity contribution >= 4 is 40.3 Å². The number of nitrogens with zero attached hydrogens (tertiary/aromatic N) is 1. The molecular formula is C16H16ClN3O3. The van der Waals surface area contributed by atoms with Gasteiger partial charge in [0.1, 0.15) is 0 Å². The second-order valence-electron chi connectivity index (χ2n) is 5.27. The van der Waals surface area contributed by atoms with E-state index in [0.29, 0.717) is 11.4 Å². The first kappa shape index (κ1) is 16.8. The highest BCUT2D eigenvalue weighted by Crippen LogP contribution is 2.29. The Labute approximate surface area is 138 Å². The van der Waals surface area contributed by atoms with Gasteiger partial charge in [0, 0.05) is 29.4 Å². The Morgan fingerprint density at radius 1 is 1.13 bits per heavy atom. The summed E-state index contributed by atoms with van der Waals surface area (Å²) in [6.07, 6.45) is 0. The van der Waals surface area contributed by atoms with E-state index in [1.54, 1.807) is 30.3 Å². The quantitative estimate of drug-likeness (QED) is 0.619. The molecule has 0 atom stereocenters. The van der Waals surface area contributed by atoms with E-state index < -0.39 is 4.92 Å². The molecule has 0 heterocycles. The molecule has 2 rings (SSSR count). The predicted molar refractivity (Wildman–Crippen MR) is 91.3 cm³/mol. The molecule has 2 aromatic rings. The van der Waals surface area contributed by atoms with Crippen LogP contribution in [0.4, 0.5) is 22.7 Å². The summed E-state index contributed by atoms with van der Waals surface area (Å²) in [4.78, 5) is 21.8. The van der Waals surface area contributed by atoms with Crippen LogP contribution in [-0.2, 0) is 4.79 Å². The smallest absolute Gasteiger partial charge is 0.271 e. The lowest BCUT2D eigenvalue weighted by Crippen LogP contribution is -2.17. The van der Waals surface area contributed by atoms with Crippen molar-refractivity contribution in [2.24, 2.45) is 5.92 Å². The van der Waals surface area contributed by atoms with Crippen molar-refractivity contribution in [3.8, 4) is 0 Å². The number of carbonyl (C=O) groups excluding carboxylic acids is 1. The van der Waals surface area contributed by atoms with Crippen LogP contribution in [0, 0.1) is 16.0 Å². The number of hydrogen-bond acceptors (Lipinski definition) is 4. The molecule has 2 aromatic carbocycles. The standard InChI is InChI=1S/C16H16ClN3O3/c1-10(2)16(21)19-12-5-3-11(4-6-12)18-15-8-7-13(20(22)23)9-14(15)17/h3-10,18H,1-2H3,(H,19,21). The molecule has 23 heavy (non-hydrogen) atoms. The third-order valence-electron chi connectivity index (χ3n) is 3.12. The van der Waals surface area contributed by atoms with Gasteiger partial charge in [0.15, 0.2) is 0 Å². The minimum atomic E-state index is -0.498. The zero-order valence-electron chi connectivity index (χ0n) is 12.7. The molecule has 0 fully saturated rings. The normalized spacial score (nSPS) is 10.4. The highest BCUT2D eigenvalue weighted by molar-refractivity contribution is 6.33. The van der Waals surface area contributed by atoms with Crippen molar-refractivity contribution in [1.29, 1.82) is 0 Å². The third kappa shape index (κ3) is 4.43. The van der Waals surface area contributed by atoms with Crippen LogP contribution in [0.5, 0.6) is 0 Å². The number of halogens is 1. The van der Waals surface area contributed by atoms with Crippen molar-refractivity contribution in [1.82, 2.24) is 0 Å². The van der Waals surface area contributed by atoms with Crippen molar-refractivity contribution < 1.29 is 9.72 Å². The predicted octanol–water partition coefficient (Wildman–Crippen LogP) is 4.59. The molecule has 0 bridgehead atoms. The second-order valence-corrected chi connectivity index (χ2v) is 5.67. The summed E-state index contributed by atoms with van der Waals surface area (Å²) < 4.78 is 0. The zero-order chi connectivity index (χ0) is 17.0. The van der Waals surface area contributed by atoms with Gasteiger partial charge < -0.3 is 10.6 Å². The monoisotopic (exact) mass is 333 g/mol. The van der Waals surface area contributed by atoms with Gasteiger partial charge in [0.25, 0.3) is 5.69 Å². The van der Waals surface area contributed by atoms with Gasteiger partial charge in [0.2, 0.25) is 5.91 Å². The highest BCUT2D eigenvalue weighted by Gasteiger charge is 2.10. The van der Waals surface area contributed by atoms with E-state index in [4.69, 9.17) is 11.6 Å². The molecular weight excluding hydrogens is 318 g/mol. The average Bonchev–Trinajstić information content (AvgIpc) is 2.50. The maximum absolute atomic E-state index is 11.6. The molecule has 0 spiro atoms. The zero-order valence-corrected chi connectivity index (χ0v) is 13.4. The lowest BCUT2D eigenvalue weighted by molar-refractivity contribution is -0.384. The fourth-order valence-corrected chi connectivity index (χ4v) is 2.02. The second kappa shape index (κ2) is 7.11. The topological polar surface area (TPSA) is 84.3 Å². The largest absolute Gasteiger partial charge is 0.354 e. The van der Waals surface area contributed by atoms with Crippen LogP contribution < -0.4 is 10.6 Å². The van der Waals surface area contributed by atoms with Gasteiger partial charge in [-0.05, 0) is 30.3 Å². The van der Waals surface area contributed by atoms with Crippen LogP contribution in [-0.4, -0.2) is 10.8 Å². The van der Waals surface area contributed by atoms with Gasteiger partial charge in [-0.1, -0.05) is 25.4 Å². The number of hydrogen-bond donors (Lipinski definition) is 2.